The average molecular weight is 348 g/mol. The van der Waals surface area contributed by atoms with Crippen molar-refractivity contribution in [3.63, 3.8) is 0 Å². The standard InChI is InChI=1S/C16H20N4O3S/c1-10(2)14-6-5-12(11(3)18-14)8-20-16-13(7-17-19(16)4)15(21)9-24(20,22)23/h5-7,10H,8-9H2,1-4H3. The van der Waals surface area contributed by atoms with Gasteiger partial charge in [0, 0.05) is 18.4 Å². The van der Waals surface area contributed by atoms with Crippen LogP contribution in [0.1, 0.15) is 47.1 Å². The zero-order valence-electron chi connectivity index (χ0n) is 14.1. The number of carbonyl (C=O) groups is 1. The first-order valence-electron chi connectivity index (χ1n) is 7.72. The molecule has 2 aromatic heterocycles. The Morgan fingerprint density at radius 2 is 2.00 bits per heavy atom. The van der Waals surface area contributed by atoms with Crippen LogP contribution < -0.4 is 4.31 Å². The fraction of sp³-hybridized carbons (Fsp3) is 0.438. The van der Waals surface area contributed by atoms with E-state index in [-0.39, 0.29) is 6.54 Å². The van der Waals surface area contributed by atoms with Gasteiger partial charge in [-0.1, -0.05) is 19.9 Å². The molecule has 2 aromatic rings. The predicted octanol–water partition coefficient (Wildman–Crippen LogP) is 1.78. The summed E-state index contributed by atoms with van der Waals surface area (Å²) in [7, 11) is -2.09. The Morgan fingerprint density at radius 3 is 2.62 bits per heavy atom. The molecule has 3 rings (SSSR count). The predicted molar refractivity (Wildman–Crippen MR) is 90.6 cm³/mol. The number of hydrogen-bond donors (Lipinski definition) is 0. The number of hydrogen-bond acceptors (Lipinski definition) is 5. The van der Waals surface area contributed by atoms with Crippen LogP contribution in [0.2, 0.25) is 0 Å². The van der Waals surface area contributed by atoms with Gasteiger partial charge in [-0.15, -0.1) is 0 Å². The number of aromatic nitrogens is 3. The molecular weight excluding hydrogens is 328 g/mol. The zero-order valence-corrected chi connectivity index (χ0v) is 15.0. The smallest absolute Gasteiger partial charge is 0.244 e. The first kappa shape index (κ1) is 16.6. The van der Waals surface area contributed by atoms with Crippen molar-refractivity contribution in [3.8, 4) is 0 Å². The van der Waals surface area contributed by atoms with E-state index in [1.807, 2.05) is 19.1 Å². The summed E-state index contributed by atoms with van der Waals surface area (Å²) in [5.41, 5.74) is 2.91. The number of fused-ring (bicyclic) bond motifs is 1. The monoisotopic (exact) mass is 348 g/mol. The van der Waals surface area contributed by atoms with E-state index in [0.29, 0.717) is 17.3 Å². The number of nitrogens with zero attached hydrogens (tertiary/aromatic N) is 4. The van der Waals surface area contributed by atoms with Crippen LogP contribution in [-0.4, -0.2) is 34.7 Å². The lowest BCUT2D eigenvalue weighted by molar-refractivity contribution is 0.102. The van der Waals surface area contributed by atoms with Crippen LogP contribution in [0.4, 0.5) is 5.82 Å². The highest BCUT2D eigenvalue weighted by atomic mass is 32.2. The van der Waals surface area contributed by atoms with Crippen LogP contribution in [0, 0.1) is 6.92 Å². The van der Waals surface area contributed by atoms with Gasteiger partial charge < -0.3 is 0 Å². The topological polar surface area (TPSA) is 85.2 Å². The molecule has 0 bridgehead atoms. The van der Waals surface area contributed by atoms with Crippen molar-refractivity contribution in [2.24, 2.45) is 7.05 Å². The average Bonchev–Trinajstić information content (AvgIpc) is 2.86. The molecule has 1 aliphatic rings. The van der Waals surface area contributed by atoms with Crippen molar-refractivity contribution in [3.05, 3.63) is 40.8 Å². The van der Waals surface area contributed by atoms with Crippen LogP contribution in [-0.2, 0) is 23.6 Å². The van der Waals surface area contributed by atoms with Gasteiger partial charge in [-0.3, -0.25) is 14.5 Å². The Balaban J connectivity index is 2.04. The Bertz CT molecular complexity index is 915. The summed E-state index contributed by atoms with van der Waals surface area (Å²) in [6.07, 6.45) is 1.42. The van der Waals surface area contributed by atoms with E-state index in [4.69, 9.17) is 0 Å². The second kappa shape index (κ2) is 5.70. The molecule has 0 N–H and O–H groups in total. The molecule has 0 saturated heterocycles. The third kappa shape index (κ3) is 2.71. The largest absolute Gasteiger partial charge is 0.293 e. The summed E-state index contributed by atoms with van der Waals surface area (Å²) in [5.74, 6) is -0.321. The lowest BCUT2D eigenvalue weighted by Crippen LogP contribution is -2.41. The molecule has 0 aromatic carbocycles. The quantitative estimate of drug-likeness (QED) is 0.844. The van der Waals surface area contributed by atoms with E-state index in [1.54, 1.807) is 7.05 Å². The highest BCUT2D eigenvalue weighted by Gasteiger charge is 2.38. The molecule has 0 spiro atoms. The molecular formula is C16H20N4O3S. The SMILES string of the molecule is Cc1nc(C(C)C)ccc1CN1c2c(cnn2C)C(=O)CS1(=O)=O. The highest BCUT2D eigenvalue weighted by Crippen LogP contribution is 2.31. The van der Waals surface area contributed by atoms with Gasteiger partial charge in [-0.25, -0.2) is 12.7 Å². The van der Waals surface area contributed by atoms with E-state index >= 15 is 0 Å². The minimum Gasteiger partial charge on any atom is -0.293 e. The van der Waals surface area contributed by atoms with Crippen LogP contribution in [0.25, 0.3) is 0 Å². The van der Waals surface area contributed by atoms with E-state index in [0.717, 1.165) is 17.0 Å². The number of aryl methyl sites for hydroxylation is 2. The molecule has 3 heterocycles. The Labute approximate surface area is 141 Å². The normalized spacial score (nSPS) is 16.5. The van der Waals surface area contributed by atoms with E-state index in [1.165, 1.54) is 15.2 Å². The third-order valence-electron chi connectivity index (χ3n) is 4.22. The van der Waals surface area contributed by atoms with Gasteiger partial charge in [-0.05, 0) is 24.5 Å². The van der Waals surface area contributed by atoms with Crippen molar-refractivity contribution < 1.29 is 13.2 Å². The summed E-state index contributed by atoms with van der Waals surface area (Å²) >= 11 is 0. The summed E-state index contributed by atoms with van der Waals surface area (Å²) in [6, 6.07) is 3.82. The molecule has 0 unspecified atom stereocenters. The van der Waals surface area contributed by atoms with Crippen molar-refractivity contribution in [2.75, 3.05) is 10.1 Å². The van der Waals surface area contributed by atoms with Crippen LogP contribution in [0.5, 0.6) is 0 Å². The van der Waals surface area contributed by atoms with Gasteiger partial charge >= 0.3 is 0 Å². The highest BCUT2D eigenvalue weighted by molar-refractivity contribution is 7.93. The number of pyridine rings is 1. The molecule has 128 valence electrons. The number of anilines is 1. The molecule has 0 saturated carbocycles. The third-order valence-corrected chi connectivity index (χ3v) is 5.82. The van der Waals surface area contributed by atoms with Crippen molar-refractivity contribution in [1.82, 2.24) is 14.8 Å². The minimum absolute atomic E-state index is 0.138. The summed E-state index contributed by atoms with van der Waals surface area (Å²) in [6.45, 7) is 6.13. The molecule has 1 aliphatic heterocycles. The first-order valence-corrected chi connectivity index (χ1v) is 9.33. The van der Waals surface area contributed by atoms with E-state index in [9.17, 15) is 13.2 Å². The molecule has 0 atom stereocenters. The second-order valence-electron chi connectivity index (χ2n) is 6.33. The van der Waals surface area contributed by atoms with Crippen LogP contribution in [0.3, 0.4) is 0 Å². The maximum absolute atomic E-state index is 12.5. The van der Waals surface area contributed by atoms with Gasteiger partial charge in [0.25, 0.3) is 0 Å². The van der Waals surface area contributed by atoms with E-state index < -0.39 is 21.6 Å². The van der Waals surface area contributed by atoms with Gasteiger partial charge in [-0.2, -0.15) is 5.10 Å². The van der Waals surface area contributed by atoms with E-state index in [2.05, 4.69) is 23.9 Å². The second-order valence-corrected chi connectivity index (χ2v) is 8.22. The molecule has 8 heteroatoms. The summed E-state index contributed by atoms with van der Waals surface area (Å²) in [4.78, 5) is 16.6. The number of ketones is 1. The molecule has 7 nitrogen and oxygen atoms in total. The fourth-order valence-corrected chi connectivity index (χ4v) is 4.26. The molecule has 0 radical (unpaired) electrons. The minimum atomic E-state index is -3.72. The van der Waals surface area contributed by atoms with Crippen molar-refractivity contribution in [2.45, 2.75) is 33.2 Å². The van der Waals surface area contributed by atoms with Crippen molar-refractivity contribution >= 4 is 21.6 Å². The molecule has 0 aliphatic carbocycles. The summed E-state index contributed by atoms with van der Waals surface area (Å²) in [5, 5.41) is 4.04. The zero-order chi connectivity index (χ0) is 17.6. The van der Waals surface area contributed by atoms with Crippen molar-refractivity contribution in [1.29, 1.82) is 0 Å². The number of rotatable bonds is 3. The Morgan fingerprint density at radius 1 is 1.29 bits per heavy atom. The Hall–Kier alpha value is -2.22. The number of carbonyl (C=O) groups excluding carboxylic acids is 1. The number of sulfonamides is 1. The molecule has 0 amide bonds. The first-order chi connectivity index (χ1) is 11.2. The maximum Gasteiger partial charge on any atom is 0.244 e. The van der Waals surface area contributed by atoms with Crippen LogP contribution >= 0.6 is 0 Å². The maximum atomic E-state index is 12.5. The van der Waals surface area contributed by atoms with Gasteiger partial charge in [0.2, 0.25) is 10.0 Å². The molecule has 0 fully saturated rings. The van der Waals surface area contributed by atoms with Gasteiger partial charge in [0.15, 0.2) is 11.6 Å². The summed E-state index contributed by atoms with van der Waals surface area (Å²) < 4.78 is 27.8. The lowest BCUT2D eigenvalue weighted by atomic mass is 10.1. The molecule has 24 heavy (non-hydrogen) atoms. The Kier molecular flexibility index (Phi) is 3.95. The van der Waals surface area contributed by atoms with Gasteiger partial charge in [0.05, 0.1) is 18.3 Å². The lowest BCUT2D eigenvalue weighted by Gasteiger charge is -2.28. The van der Waals surface area contributed by atoms with Gasteiger partial charge in [0.1, 0.15) is 5.75 Å². The number of Topliss-reactive ketones (excluding diaryl/α,β-unsaturated/α-hetero) is 1. The fourth-order valence-electron chi connectivity index (χ4n) is 2.80. The van der Waals surface area contributed by atoms with Crippen LogP contribution in [0.15, 0.2) is 18.3 Å².